The maximum Gasteiger partial charge on any atom is 0.253 e. The van der Waals surface area contributed by atoms with Crippen LogP contribution in [0.15, 0.2) is 73.1 Å². The molecule has 5 rings (SSSR count). The summed E-state index contributed by atoms with van der Waals surface area (Å²) >= 11 is 0. The molecule has 2 aromatic carbocycles. The highest BCUT2D eigenvalue weighted by Crippen LogP contribution is 2.29. The van der Waals surface area contributed by atoms with Crippen LogP contribution in [0.1, 0.15) is 29.6 Å². The minimum atomic E-state index is 0.0851. The van der Waals surface area contributed by atoms with Crippen LogP contribution < -0.4 is 0 Å². The Labute approximate surface area is 175 Å². The van der Waals surface area contributed by atoms with E-state index in [1.165, 1.54) is 6.42 Å². The molecule has 1 aliphatic heterocycles. The number of hydrogen-bond donors (Lipinski definition) is 0. The molecule has 1 amide bonds. The van der Waals surface area contributed by atoms with E-state index < -0.39 is 0 Å². The maximum atomic E-state index is 13.0. The summed E-state index contributed by atoms with van der Waals surface area (Å²) in [5, 5.41) is 0.927. The van der Waals surface area contributed by atoms with Crippen LogP contribution in [0.4, 0.5) is 0 Å². The zero-order valence-electron chi connectivity index (χ0n) is 16.7. The van der Waals surface area contributed by atoms with Gasteiger partial charge < -0.3 is 4.90 Å². The van der Waals surface area contributed by atoms with E-state index in [1.807, 2.05) is 65.6 Å². The molecule has 0 bridgehead atoms. The van der Waals surface area contributed by atoms with Crippen molar-refractivity contribution in [3.63, 3.8) is 0 Å². The predicted octanol–water partition coefficient (Wildman–Crippen LogP) is 4.98. The first-order valence-corrected chi connectivity index (χ1v) is 10.4. The van der Waals surface area contributed by atoms with Gasteiger partial charge in [-0.25, -0.2) is 9.97 Å². The average Bonchev–Trinajstić information content (AvgIpc) is 2.84. The van der Waals surface area contributed by atoms with Gasteiger partial charge in [-0.2, -0.15) is 0 Å². The van der Waals surface area contributed by atoms with Gasteiger partial charge in [-0.3, -0.25) is 9.78 Å². The van der Waals surface area contributed by atoms with Gasteiger partial charge in [-0.1, -0.05) is 30.3 Å². The van der Waals surface area contributed by atoms with Crippen molar-refractivity contribution in [2.24, 2.45) is 0 Å². The molecule has 1 fully saturated rings. The molecule has 5 nitrogen and oxygen atoms in total. The second-order valence-corrected chi connectivity index (χ2v) is 7.58. The lowest BCUT2D eigenvalue weighted by atomic mass is 10.0. The first-order chi connectivity index (χ1) is 14.8. The molecule has 0 N–H and O–H groups in total. The number of piperidine rings is 1. The van der Waals surface area contributed by atoms with Crippen LogP contribution in [0.2, 0.25) is 0 Å². The van der Waals surface area contributed by atoms with E-state index in [0.717, 1.165) is 53.7 Å². The molecule has 0 atom stereocenters. The van der Waals surface area contributed by atoms with Gasteiger partial charge in [-0.05, 0) is 49.6 Å². The molecule has 0 saturated carbocycles. The lowest BCUT2D eigenvalue weighted by Crippen LogP contribution is -2.35. The fraction of sp³-hybridized carbons (Fsp3) is 0.200. The fourth-order valence-corrected chi connectivity index (χ4v) is 3.99. The van der Waals surface area contributed by atoms with Crippen molar-refractivity contribution in [1.29, 1.82) is 0 Å². The van der Waals surface area contributed by atoms with Crippen LogP contribution in [0.3, 0.4) is 0 Å². The molecule has 2 aromatic heterocycles. The third-order valence-electron chi connectivity index (χ3n) is 5.57. The average molecular weight is 394 g/mol. The molecule has 0 spiro atoms. The summed E-state index contributed by atoms with van der Waals surface area (Å²) in [6.45, 7) is 1.66. The molecule has 0 radical (unpaired) electrons. The second-order valence-electron chi connectivity index (χ2n) is 7.58. The summed E-state index contributed by atoms with van der Waals surface area (Å²) < 4.78 is 0. The molecule has 30 heavy (non-hydrogen) atoms. The summed E-state index contributed by atoms with van der Waals surface area (Å²) in [6, 6.07) is 19.6. The smallest absolute Gasteiger partial charge is 0.253 e. The molecule has 1 saturated heterocycles. The fourth-order valence-electron chi connectivity index (χ4n) is 3.99. The SMILES string of the molecule is O=C(c1ccc2c(-c3ccncc3)nc(-c3ccccc3)nc2c1)N1CCCCC1. The Kier molecular flexibility index (Phi) is 4.93. The topological polar surface area (TPSA) is 59.0 Å². The molecule has 0 aliphatic carbocycles. The zero-order valence-corrected chi connectivity index (χ0v) is 16.7. The Balaban J connectivity index is 1.66. The van der Waals surface area contributed by atoms with Crippen molar-refractivity contribution in [2.45, 2.75) is 19.3 Å². The van der Waals surface area contributed by atoms with Crippen molar-refractivity contribution in [1.82, 2.24) is 19.9 Å². The number of likely N-dealkylation sites (tertiary alicyclic amines) is 1. The van der Waals surface area contributed by atoms with E-state index in [9.17, 15) is 4.79 Å². The minimum Gasteiger partial charge on any atom is -0.339 e. The summed E-state index contributed by atoms with van der Waals surface area (Å²) in [4.78, 5) is 28.8. The van der Waals surface area contributed by atoms with Crippen LogP contribution in [0.5, 0.6) is 0 Å². The lowest BCUT2D eigenvalue weighted by molar-refractivity contribution is 0.0724. The molecule has 1 aliphatic rings. The standard InChI is InChI=1S/C25H22N4O/c30-25(29-15-5-2-6-16-29)20-9-10-21-22(17-20)27-24(19-7-3-1-4-8-19)28-23(21)18-11-13-26-14-12-18/h1,3-4,7-14,17H,2,5-6,15-16H2. The summed E-state index contributed by atoms with van der Waals surface area (Å²) in [5.41, 5.74) is 4.23. The van der Waals surface area contributed by atoms with Gasteiger partial charge in [0.2, 0.25) is 0 Å². The zero-order chi connectivity index (χ0) is 20.3. The summed E-state index contributed by atoms with van der Waals surface area (Å²) in [5.74, 6) is 0.736. The van der Waals surface area contributed by atoms with Crippen LogP contribution in [-0.4, -0.2) is 38.8 Å². The molecule has 5 heteroatoms. The van der Waals surface area contributed by atoms with E-state index in [4.69, 9.17) is 9.97 Å². The van der Waals surface area contributed by atoms with Crippen molar-refractivity contribution < 1.29 is 4.79 Å². The Morgan fingerprint density at radius 3 is 2.33 bits per heavy atom. The molecular formula is C25H22N4O. The largest absolute Gasteiger partial charge is 0.339 e. The number of pyridine rings is 1. The molecule has 148 valence electrons. The molecule has 0 unspecified atom stereocenters. The Morgan fingerprint density at radius 2 is 1.57 bits per heavy atom. The normalized spacial score (nSPS) is 14.1. The number of fused-ring (bicyclic) bond motifs is 1. The van der Waals surface area contributed by atoms with Gasteiger partial charge in [0.05, 0.1) is 11.2 Å². The molecular weight excluding hydrogens is 372 g/mol. The van der Waals surface area contributed by atoms with Gasteiger partial charge in [0.15, 0.2) is 5.82 Å². The van der Waals surface area contributed by atoms with Crippen LogP contribution in [-0.2, 0) is 0 Å². The Bertz CT molecular complexity index is 1190. The maximum absolute atomic E-state index is 13.0. The quantitative estimate of drug-likeness (QED) is 0.491. The Hall–Kier alpha value is -3.60. The van der Waals surface area contributed by atoms with E-state index in [0.29, 0.717) is 11.4 Å². The van der Waals surface area contributed by atoms with Crippen molar-refractivity contribution in [3.05, 3.63) is 78.6 Å². The van der Waals surface area contributed by atoms with Gasteiger partial charge in [-0.15, -0.1) is 0 Å². The second kappa shape index (κ2) is 8.03. The van der Waals surface area contributed by atoms with Crippen molar-refractivity contribution in [2.75, 3.05) is 13.1 Å². The molecule has 3 heterocycles. The molecule has 4 aromatic rings. The number of aromatic nitrogens is 3. The van der Waals surface area contributed by atoms with Crippen LogP contribution in [0.25, 0.3) is 33.5 Å². The van der Waals surface area contributed by atoms with Gasteiger partial charge in [0, 0.05) is 47.6 Å². The number of carbonyl (C=O) groups is 1. The summed E-state index contributed by atoms with van der Waals surface area (Å²) in [7, 11) is 0. The first kappa shape index (κ1) is 18.4. The monoisotopic (exact) mass is 394 g/mol. The number of benzene rings is 2. The van der Waals surface area contributed by atoms with E-state index in [2.05, 4.69) is 4.98 Å². The predicted molar refractivity (Wildman–Crippen MR) is 118 cm³/mol. The van der Waals surface area contributed by atoms with E-state index >= 15 is 0 Å². The number of carbonyl (C=O) groups excluding carboxylic acids is 1. The van der Waals surface area contributed by atoms with Gasteiger partial charge in [0.1, 0.15) is 0 Å². The van der Waals surface area contributed by atoms with Crippen LogP contribution in [0, 0.1) is 0 Å². The van der Waals surface area contributed by atoms with Crippen molar-refractivity contribution in [3.8, 4) is 22.6 Å². The first-order valence-electron chi connectivity index (χ1n) is 10.4. The van der Waals surface area contributed by atoms with Gasteiger partial charge in [0.25, 0.3) is 5.91 Å². The van der Waals surface area contributed by atoms with E-state index in [1.54, 1.807) is 12.4 Å². The third-order valence-corrected chi connectivity index (χ3v) is 5.57. The summed E-state index contributed by atoms with van der Waals surface area (Å²) in [6.07, 6.45) is 6.88. The Morgan fingerprint density at radius 1 is 0.800 bits per heavy atom. The van der Waals surface area contributed by atoms with Crippen LogP contribution >= 0.6 is 0 Å². The highest BCUT2D eigenvalue weighted by molar-refractivity contribution is 6.01. The van der Waals surface area contributed by atoms with E-state index in [-0.39, 0.29) is 5.91 Å². The third kappa shape index (κ3) is 3.54. The van der Waals surface area contributed by atoms with Crippen molar-refractivity contribution >= 4 is 16.8 Å². The number of amides is 1. The number of rotatable bonds is 3. The highest BCUT2D eigenvalue weighted by Gasteiger charge is 2.19. The highest BCUT2D eigenvalue weighted by atomic mass is 16.2. The van der Waals surface area contributed by atoms with Gasteiger partial charge >= 0.3 is 0 Å². The number of nitrogens with zero attached hydrogens (tertiary/aromatic N) is 4. The number of hydrogen-bond acceptors (Lipinski definition) is 4. The lowest BCUT2D eigenvalue weighted by Gasteiger charge is -2.26. The minimum absolute atomic E-state index is 0.0851.